The Balaban J connectivity index is -0.000000143. The van der Waals surface area contributed by atoms with Crippen molar-refractivity contribution in [3.8, 4) is 5.75 Å². The molecule has 0 bridgehead atoms. The number of hydrogen-bond acceptors (Lipinski definition) is 18. The minimum absolute atomic E-state index is 0. The summed E-state index contributed by atoms with van der Waals surface area (Å²) in [6.07, 6.45) is 7.25. The van der Waals surface area contributed by atoms with Gasteiger partial charge in [-0.15, -0.1) is 21.8 Å². The number of aromatic nitrogens is 9. The van der Waals surface area contributed by atoms with Crippen molar-refractivity contribution in [2.45, 2.75) is 103 Å². The predicted molar refractivity (Wildman–Crippen MR) is 286 cm³/mol. The fraction of sp³-hybridized carbons (Fsp3) is 0.327. The van der Waals surface area contributed by atoms with E-state index in [0.717, 1.165) is 50.5 Å². The summed E-state index contributed by atoms with van der Waals surface area (Å²) in [7, 11) is 0. The van der Waals surface area contributed by atoms with Crippen LogP contribution in [0.3, 0.4) is 0 Å². The van der Waals surface area contributed by atoms with Gasteiger partial charge in [-0.25, -0.2) is 14.3 Å². The smallest absolute Gasteiger partial charge is 0.870 e. The number of H-pyrrole nitrogens is 1. The van der Waals surface area contributed by atoms with Crippen LogP contribution in [-0.2, 0) is 51.5 Å². The molecule has 0 unspecified atom stereocenters. The van der Waals surface area contributed by atoms with E-state index in [4.69, 9.17) is 26.8 Å². The molecule has 24 heteroatoms. The number of Topliss-reactive ketones (excluding diaryl/α,β-unsaturated/α-hetero) is 4. The van der Waals surface area contributed by atoms with Gasteiger partial charge in [-0.2, -0.15) is 15.4 Å². The second-order valence-electron chi connectivity index (χ2n) is 14.7. The second-order valence-corrected chi connectivity index (χ2v) is 14.9. The van der Waals surface area contributed by atoms with E-state index in [0.29, 0.717) is 25.4 Å². The number of hydrogen-bond donors (Lipinski definition) is 3. The van der Waals surface area contributed by atoms with E-state index in [9.17, 15) is 28.8 Å². The molecule has 0 spiro atoms. The van der Waals surface area contributed by atoms with E-state index < -0.39 is 0 Å². The van der Waals surface area contributed by atoms with Crippen molar-refractivity contribution >= 4 is 85.7 Å². The number of aromatic amines is 1. The number of aromatic hydroxyl groups is 1. The average molecular weight is 1100 g/mol. The Morgan fingerprint density at radius 1 is 0.605 bits per heavy atom. The third-order valence-corrected chi connectivity index (χ3v) is 7.51. The zero-order valence-electron chi connectivity index (χ0n) is 46.4. The number of fused-ring (bicyclic) bond motifs is 3. The van der Waals surface area contributed by atoms with Crippen molar-refractivity contribution in [3.63, 3.8) is 0 Å². The normalized spacial score (nSPS) is 8.88. The fourth-order valence-electron chi connectivity index (χ4n) is 4.70. The number of nitrogens with one attached hydrogen (secondary N) is 1. The van der Waals surface area contributed by atoms with Crippen LogP contribution in [0.5, 0.6) is 5.75 Å². The van der Waals surface area contributed by atoms with Crippen molar-refractivity contribution in [1.82, 2.24) is 45.4 Å². The number of rotatable bonds is 8. The molecule has 3 heterocycles. The topological polar surface area (TPSA) is 332 Å². The molecule has 0 radical (unpaired) electrons. The molecule has 7 aromatic rings. The van der Waals surface area contributed by atoms with Gasteiger partial charge in [0.15, 0.2) is 23.1 Å². The summed E-state index contributed by atoms with van der Waals surface area (Å²) in [5, 5.41) is 42.3. The number of carbonyl (C=O) groups excluding carboxylic acids is 7. The number of alkyl halides is 1. The number of benzene rings is 4. The average Bonchev–Trinajstić information content (AvgIpc) is 4.06. The van der Waals surface area contributed by atoms with E-state index >= 15 is 0 Å². The number of para-hydroxylation sites is 4. The first kappa shape index (κ1) is 84.1. The molecule has 0 aliphatic heterocycles. The molecule has 0 aliphatic carbocycles. The summed E-state index contributed by atoms with van der Waals surface area (Å²) in [6.45, 7) is 22.3. The molecule has 5 N–H and O–H groups in total. The zero-order chi connectivity index (χ0) is 55.4. The number of carbonyl (C=O) groups is 7. The van der Waals surface area contributed by atoms with Crippen molar-refractivity contribution in [2.24, 2.45) is 0 Å². The molecule has 0 amide bonds. The summed E-state index contributed by atoms with van der Waals surface area (Å²) in [5.41, 5.74) is 7.48. The molecule has 0 atom stereocenters. The molecule has 0 aliphatic rings. The predicted octanol–water partition coefficient (Wildman–Crippen LogP) is 3.08. The van der Waals surface area contributed by atoms with Crippen LogP contribution in [0.2, 0.25) is 0 Å². The summed E-state index contributed by atoms with van der Waals surface area (Å²) in [6, 6.07) is 28.4. The molecular formula is C52H72ClN9Na2O12. The van der Waals surface area contributed by atoms with Crippen LogP contribution in [0.15, 0.2) is 115 Å². The van der Waals surface area contributed by atoms with E-state index in [1.165, 1.54) is 67.5 Å². The van der Waals surface area contributed by atoms with Crippen LogP contribution in [-0.4, -0.2) is 120 Å². The maximum atomic E-state index is 10.9. The van der Waals surface area contributed by atoms with Gasteiger partial charge in [0.1, 0.15) is 58.8 Å². The molecular weight excluding hydrogens is 1020 g/mol. The standard InChI is InChI=1S/2C9H9N3O.C8H10O.C6H5N3.2C5H8O.C3H5ClO.C3H6O.C2H6O2.C2H4O.2Na.2H2O/c2*1-7(13)6-12-9-5-3-2-4-8(9)10-11-12;1-6-3-7(2)5-8(9)4-6;1-2-4-6-5(3-1)7-9-8-6;2*1-3-4-5(2)6;1-3(5)2-4;1-3(2)4;1-2-4-3;1-2-3;;;;/h2*2-5H,6H2,1H3;3-5,9H,1-2H3;1-4H,(H,7,8,9);2*3-4H,1-2H3;2H2,1H3;1-2H3;3H,2H2,1H3;2H,1H3;;;2*1H2/q;;;;;;;;;;2*+1;;/p-2/b;;;;2*4-3+;;;;;;;;. The number of phenolic OH excluding ortho intramolecular Hbond substituents is 1. The molecule has 406 valence electrons. The number of halogens is 1. The van der Waals surface area contributed by atoms with Gasteiger partial charge in [-0.3, -0.25) is 29.2 Å². The monoisotopic (exact) mass is 1100 g/mol. The first-order chi connectivity index (χ1) is 34.1. The second kappa shape index (κ2) is 54.0. The Hall–Kier alpha value is -5.82. The van der Waals surface area contributed by atoms with Crippen LogP contribution in [0.25, 0.3) is 33.1 Å². The van der Waals surface area contributed by atoms with Crippen molar-refractivity contribution < 1.29 is 119 Å². The Morgan fingerprint density at radius 2 is 0.895 bits per heavy atom. The van der Waals surface area contributed by atoms with E-state index in [-0.39, 0.29) is 111 Å². The zero-order valence-corrected chi connectivity index (χ0v) is 51.1. The van der Waals surface area contributed by atoms with Gasteiger partial charge in [-0.05, 0) is 162 Å². The van der Waals surface area contributed by atoms with Crippen molar-refractivity contribution in [3.05, 3.63) is 126 Å². The number of aldehydes is 1. The number of nitrogens with zero attached hydrogens (tertiary/aromatic N) is 8. The molecule has 7 rings (SSSR count). The quantitative estimate of drug-likeness (QED) is 0.0491. The minimum Gasteiger partial charge on any atom is -0.870 e. The van der Waals surface area contributed by atoms with E-state index in [2.05, 4.69) is 40.9 Å². The van der Waals surface area contributed by atoms with E-state index in [1.807, 2.05) is 107 Å². The Morgan fingerprint density at radius 3 is 1.12 bits per heavy atom. The summed E-state index contributed by atoms with van der Waals surface area (Å²) < 4.78 is 3.22. The summed E-state index contributed by atoms with van der Waals surface area (Å²) in [5.74, 6) is 1.06. The Labute approximate surface area is 494 Å². The number of aryl methyl sites for hydroxylation is 2. The third-order valence-electron chi connectivity index (χ3n) is 7.13. The molecule has 21 nitrogen and oxygen atoms in total. The maximum Gasteiger partial charge on any atom is 1.00 e. The van der Waals surface area contributed by atoms with Gasteiger partial charge in [0.05, 0.1) is 23.5 Å². The summed E-state index contributed by atoms with van der Waals surface area (Å²) in [4.78, 5) is 73.1. The van der Waals surface area contributed by atoms with Crippen LogP contribution in [0.1, 0.15) is 87.3 Å². The third kappa shape index (κ3) is 47.9. The molecule has 4 aromatic carbocycles. The van der Waals surface area contributed by atoms with Crippen LogP contribution in [0.4, 0.5) is 0 Å². The molecule has 76 heavy (non-hydrogen) atoms. The van der Waals surface area contributed by atoms with Crippen LogP contribution >= 0.6 is 11.6 Å². The van der Waals surface area contributed by atoms with Crippen molar-refractivity contribution in [1.29, 1.82) is 0 Å². The first-order valence-corrected chi connectivity index (χ1v) is 22.6. The largest absolute Gasteiger partial charge is 1.00 e. The van der Waals surface area contributed by atoms with Gasteiger partial charge < -0.3 is 25.6 Å². The number of ketones is 6. The number of phenols is 1. The SMILES string of the molecule is C/C=C/C(C)=O.C/C=C/C(C)=O.CC(=O)CCl.CC(=O)Cn1nnc2ccccc21.CC(=O)Cn1nnc2ccccc21.CC(C)=O.CC=O.CCOO.Cc1cc(C)cc(O)c1.[Na+].[Na+].[OH-].[OH-].c1ccc2n[nH]nc2c1. The molecule has 3 aromatic heterocycles. The first-order valence-electron chi connectivity index (χ1n) is 22.1. The molecule has 0 fully saturated rings. The van der Waals surface area contributed by atoms with Gasteiger partial charge in [0.2, 0.25) is 0 Å². The Bertz CT molecular complexity index is 2530. The van der Waals surface area contributed by atoms with Gasteiger partial charge >= 0.3 is 59.1 Å². The van der Waals surface area contributed by atoms with Crippen LogP contribution in [0, 0.1) is 13.8 Å². The minimum atomic E-state index is 0. The fourth-order valence-corrected chi connectivity index (χ4v) is 4.70. The maximum absolute atomic E-state index is 10.9. The van der Waals surface area contributed by atoms with Gasteiger partial charge in [0.25, 0.3) is 0 Å². The molecule has 0 saturated carbocycles. The molecule has 0 saturated heterocycles. The van der Waals surface area contributed by atoms with Crippen LogP contribution < -0.4 is 59.1 Å². The Kier molecular flexibility index (Phi) is 59.8. The van der Waals surface area contributed by atoms with Crippen molar-refractivity contribution in [2.75, 3.05) is 12.5 Å². The van der Waals surface area contributed by atoms with Gasteiger partial charge in [-0.1, -0.05) is 65.0 Å². The summed E-state index contributed by atoms with van der Waals surface area (Å²) >= 11 is 4.99. The number of allylic oxidation sites excluding steroid dienone is 4. The van der Waals surface area contributed by atoms with Gasteiger partial charge in [0, 0.05) is 0 Å². The van der Waals surface area contributed by atoms with E-state index in [1.54, 1.807) is 40.6 Å².